The maximum absolute atomic E-state index is 13.6. The fourth-order valence-electron chi connectivity index (χ4n) is 6.13. The lowest BCUT2D eigenvalue weighted by molar-refractivity contribution is -0.277. The second kappa shape index (κ2) is 9.14. The molecule has 3 aliphatic heterocycles. The number of carbonyl (C=O) groups is 1. The van der Waals surface area contributed by atoms with Crippen LogP contribution in [-0.4, -0.2) is 72.9 Å². The third-order valence-corrected chi connectivity index (χ3v) is 8.03. The quantitative estimate of drug-likeness (QED) is 0.508. The molecule has 3 aliphatic rings. The minimum Gasteiger partial charge on any atom is -0.491 e. The smallest absolute Gasteiger partial charge is 0.417 e. The average molecular weight is 530 g/mol. The van der Waals surface area contributed by atoms with E-state index in [0.29, 0.717) is 30.8 Å². The molecule has 3 aromatic rings. The molecule has 2 amide bonds. The molecule has 0 radical (unpaired) electrons. The highest BCUT2D eigenvalue weighted by atomic mass is 19.4. The number of hydrogen-bond acceptors (Lipinski definition) is 5. The van der Waals surface area contributed by atoms with Crippen LogP contribution in [-0.2, 0) is 13.0 Å². The van der Waals surface area contributed by atoms with Gasteiger partial charge in [0.2, 0.25) is 0 Å². The standard InChI is InChI=1S/C27H30F3N5O3/c1-2-3-23-32-21-11-17(14-31-24(21)33-23)16-4-7-22-18(10-16)15-34(8-9-38-22)25(36)35-19-5-6-20(35)13-26(37,12-19)27(28,29)30/h4,7,10-11,14,19-20,37H,2-3,5-6,8-9,12-13,15H2,1H3,(H,31,32,33). The molecule has 202 valence electrons. The second-order valence-electron chi connectivity index (χ2n) is 10.6. The molecule has 5 heterocycles. The molecule has 0 spiro atoms. The van der Waals surface area contributed by atoms with Gasteiger partial charge in [-0.2, -0.15) is 13.2 Å². The van der Waals surface area contributed by atoms with E-state index in [-0.39, 0.29) is 19.2 Å². The molecule has 2 bridgehead atoms. The maximum atomic E-state index is 13.6. The van der Waals surface area contributed by atoms with Gasteiger partial charge in [-0.05, 0) is 43.0 Å². The number of fused-ring (bicyclic) bond motifs is 4. The van der Waals surface area contributed by atoms with E-state index in [1.165, 1.54) is 0 Å². The third kappa shape index (κ3) is 4.26. The normalized spacial score (nSPS) is 25.3. The number of imidazole rings is 1. The molecule has 2 unspecified atom stereocenters. The number of alkyl halides is 3. The van der Waals surface area contributed by atoms with Gasteiger partial charge in [0.25, 0.3) is 0 Å². The number of hydrogen-bond donors (Lipinski definition) is 2. The topological polar surface area (TPSA) is 94.6 Å². The Morgan fingerprint density at radius 3 is 2.68 bits per heavy atom. The molecule has 11 heteroatoms. The van der Waals surface area contributed by atoms with Crippen LogP contribution in [0.4, 0.5) is 18.0 Å². The summed E-state index contributed by atoms with van der Waals surface area (Å²) in [5, 5.41) is 10.3. The van der Waals surface area contributed by atoms with E-state index in [1.807, 2.05) is 24.3 Å². The summed E-state index contributed by atoms with van der Waals surface area (Å²) in [6, 6.07) is 6.25. The predicted molar refractivity (Wildman–Crippen MR) is 134 cm³/mol. The molecule has 2 N–H and O–H groups in total. The Morgan fingerprint density at radius 2 is 1.97 bits per heavy atom. The number of aryl methyl sites for hydroxylation is 1. The fraction of sp³-hybridized carbons (Fsp3) is 0.519. The van der Waals surface area contributed by atoms with Gasteiger partial charge in [0.1, 0.15) is 18.2 Å². The van der Waals surface area contributed by atoms with E-state index in [4.69, 9.17) is 4.74 Å². The Labute approximate surface area is 217 Å². The summed E-state index contributed by atoms with van der Waals surface area (Å²) in [5.41, 5.74) is 1.42. The molecule has 2 saturated heterocycles. The Balaban J connectivity index is 1.23. The molecule has 2 aromatic heterocycles. The third-order valence-electron chi connectivity index (χ3n) is 8.03. The Bertz CT molecular complexity index is 1360. The molecule has 0 saturated carbocycles. The Morgan fingerprint density at radius 1 is 1.21 bits per heavy atom. The minimum atomic E-state index is -4.71. The first-order valence-corrected chi connectivity index (χ1v) is 13.1. The van der Waals surface area contributed by atoms with Gasteiger partial charge in [0.05, 0.1) is 18.6 Å². The van der Waals surface area contributed by atoms with Gasteiger partial charge >= 0.3 is 12.2 Å². The van der Waals surface area contributed by atoms with Crippen molar-refractivity contribution in [2.24, 2.45) is 0 Å². The van der Waals surface area contributed by atoms with Crippen LogP contribution in [0.5, 0.6) is 5.75 Å². The van der Waals surface area contributed by atoms with Crippen LogP contribution in [0.3, 0.4) is 0 Å². The van der Waals surface area contributed by atoms with Crippen LogP contribution >= 0.6 is 0 Å². The summed E-state index contributed by atoms with van der Waals surface area (Å²) in [5.74, 6) is 1.58. The van der Waals surface area contributed by atoms with Crippen molar-refractivity contribution in [1.82, 2.24) is 24.8 Å². The number of piperidine rings is 1. The van der Waals surface area contributed by atoms with Gasteiger partial charge < -0.3 is 24.6 Å². The number of aromatic nitrogens is 3. The molecular weight excluding hydrogens is 499 g/mol. The molecule has 2 fully saturated rings. The number of carbonyl (C=O) groups excluding carboxylic acids is 1. The highest BCUT2D eigenvalue weighted by molar-refractivity contribution is 5.79. The number of rotatable bonds is 3. The summed E-state index contributed by atoms with van der Waals surface area (Å²) in [7, 11) is 0. The van der Waals surface area contributed by atoms with E-state index in [0.717, 1.165) is 40.9 Å². The van der Waals surface area contributed by atoms with Gasteiger partial charge in [0.15, 0.2) is 11.2 Å². The lowest BCUT2D eigenvalue weighted by Crippen LogP contribution is -2.60. The second-order valence-corrected chi connectivity index (χ2v) is 10.6. The van der Waals surface area contributed by atoms with Crippen molar-refractivity contribution in [3.05, 3.63) is 41.9 Å². The first-order chi connectivity index (χ1) is 18.1. The van der Waals surface area contributed by atoms with Crippen LogP contribution in [0.1, 0.15) is 50.4 Å². The van der Waals surface area contributed by atoms with E-state index >= 15 is 0 Å². The number of halogens is 3. The van der Waals surface area contributed by atoms with Crippen molar-refractivity contribution in [2.45, 2.75) is 75.9 Å². The van der Waals surface area contributed by atoms with Gasteiger partial charge in [-0.15, -0.1) is 0 Å². The molecule has 38 heavy (non-hydrogen) atoms. The van der Waals surface area contributed by atoms with Crippen LogP contribution in [0.2, 0.25) is 0 Å². The van der Waals surface area contributed by atoms with Crippen molar-refractivity contribution in [3.63, 3.8) is 0 Å². The van der Waals surface area contributed by atoms with Crippen LogP contribution in [0, 0.1) is 0 Å². The molecule has 2 atom stereocenters. The minimum absolute atomic E-state index is 0.280. The highest BCUT2D eigenvalue weighted by Crippen LogP contribution is 2.48. The zero-order valence-electron chi connectivity index (χ0n) is 21.1. The molecule has 6 rings (SSSR count). The molecule has 8 nitrogen and oxygen atoms in total. The van der Waals surface area contributed by atoms with Gasteiger partial charge in [-0.1, -0.05) is 13.0 Å². The summed E-state index contributed by atoms with van der Waals surface area (Å²) in [6.45, 7) is 2.98. The molecule has 0 aliphatic carbocycles. The molecular formula is C27H30F3N5O3. The first kappa shape index (κ1) is 25.0. The number of pyridine rings is 1. The van der Waals surface area contributed by atoms with Crippen molar-refractivity contribution in [3.8, 4) is 16.9 Å². The number of ether oxygens (including phenoxy) is 1. The van der Waals surface area contributed by atoms with Gasteiger partial charge in [-0.3, -0.25) is 0 Å². The number of urea groups is 1. The largest absolute Gasteiger partial charge is 0.491 e. The average Bonchev–Trinajstić information content (AvgIpc) is 3.31. The SMILES string of the molecule is CCCc1nc2ncc(-c3ccc4c(c3)CN(C(=O)N3C5CCC3CC(O)(C(F)(F)F)C5)CCO4)cc2[nH]1. The van der Waals surface area contributed by atoms with Gasteiger partial charge in [0, 0.05) is 48.7 Å². The van der Waals surface area contributed by atoms with E-state index < -0.39 is 36.7 Å². The number of amides is 2. The van der Waals surface area contributed by atoms with Crippen molar-refractivity contribution in [1.29, 1.82) is 0 Å². The summed E-state index contributed by atoms with van der Waals surface area (Å²) >= 11 is 0. The highest BCUT2D eigenvalue weighted by Gasteiger charge is 2.61. The van der Waals surface area contributed by atoms with Crippen molar-refractivity contribution >= 4 is 17.2 Å². The number of aliphatic hydroxyl groups is 1. The lowest BCUT2D eigenvalue weighted by atomic mass is 9.85. The fourth-order valence-corrected chi connectivity index (χ4v) is 6.13. The van der Waals surface area contributed by atoms with Crippen LogP contribution in [0.25, 0.3) is 22.3 Å². The van der Waals surface area contributed by atoms with Gasteiger partial charge in [-0.25, -0.2) is 14.8 Å². The van der Waals surface area contributed by atoms with Crippen LogP contribution in [0.15, 0.2) is 30.5 Å². The predicted octanol–water partition coefficient (Wildman–Crippen LogP) is 4.81. The van der Waals surface area contributed by atoms with Crippen molar-refractivity contribution < 1.29 is 27.8 Å². The van der Waals surface area contributed by atoms with E-state index in [2.05, 4.69) is 21.9 Å². The number of benzene rings is 1. The lowest BCUT2D eigenvalue weighted by Gasteiger charge is -2.45. The van der Waals surface area contributed by atoms with Crippen molar-refractivity contribution in [2.75, 3.05) is 13.2 Å². The van der Waals surface area contributed by atoms with E-state index in [1.54, 1.807) is 16.0 Å². The van der Waals surface area contributed by atoms with Crippen LogP contribution < -0.4 is 4.74 Å². The number of nitrogens with one attached hydrogen (secondary N) is 1. The summed E-state index contributed by atoms with van der Waals surface area (Å²) < 4.78 is 46.5. The zero-order chi connectivity index (χ0) is 26.7. The number of H-pyrrole nitrogens is 1. The summed E-state index contributed by atoms with van der Waals surface area (Å²) in [4.78, 5) is 29.2. The summed E-state index contributed by atoms with van der Waals surface area (Å²) in [6.07, 6.45) is -1.14. The maximum Gasteiger partial charge on any atom is 0.417 e. The number of nitrogens with zero attached hydrogens (tertiary/aromatic N) is 4. The Hall–Kier alpha value is -3.34. The Kier molecular flexibility index (Phi) is 6.01. The first-order valence-electron chi connectivity index (χ1n) is 13.1. The zero-order valence-corrected chi connectivity index (χ0v) is 21.1. The number of aromatic amines is 1. The molecule has 1 aromatic carbocycles. The monoisotopic (exact) mass is 529 g/mol. The van der Waals surface area contributed by atoms with E-state index in [9.17, 15) is 23.1 Å².